The first-order valence-electron chi connectivity index (χ1n) is 5.01. The van der Waals surface area contributed by atoms with Crippen molar-refractivity contribution in [1.82, 2.24) is 10.6 Å². The van der Waals surface area contributed by atoms with Crippen molar-refractivity contribution >= 4 is 12.0 Å². The highest BCUT2D eigenvalue weighted by molar-refractivity contribution is 5.84. The first-order valence-corrected chi connectivity index (χ1v) is 5.01. The predicted molar refractivity (Wildman–Crippen MR) is 54.1 cm³/mol. The van der Waals surface area contributed by atoms with Crippen molar-refractivity contribution in [3.05, 3.63) is 23.7 Å². The van der Waals surface area contributed by atoms with Crippen molar-refractivity contribution < 1.29 is 19.1 Å². The highest BCUT2D eigenvalue weighted by atomic mass is 16.4. The number of furan rings is 1. The van der Waals surface area contributed by atoms with Gasteiger partial charge in [0.15, 0.2) is 0 Å². The maximum absolute atomic E-state index is 11.2. The second-order valence-electron chi connectivity index (χ2n) is 3.67. The van der Waals surface area contributed by atoms with Gasteiger partial charge in [-0.15, -0.1) is 0 Å². The molecule has 16 heavy (non-hydrogen) atoms. The molecule has 1 aromatic rings. The van der Waals surface area contributed by atoms with Gasteiger partial charge < -0.3 is 20.2 Å². The van der Waals surface area contributed by atoms with Crippen LogP contribution < -0.4 is 10.6 Å². The first-order chi connectivity index (χ1) is 7.65. The van der Waals surface area contributed by atoms with Crippen LogP contribution in [0, 0.1) is 0 Å². The molecule has 3 N–H and O–H groups in total. The minimum Gasteiger partial charge on any atom is -0.475 e. The molecular formula is C10H12N2O4. The number of hydrogen-bond acceptors (Lipinski definition) is 3. The lowest BCUT2D eigenvalue weighted by Crippen LogP contribution is -2.36. The molecule has 0 atom stereocenters. The summed E-state index contributed by atoms with van der Waals surface area (Å²) < 4.78 is 4.97. The molecule has 0 spiro atoms. The van der Waals surface area contributed by atoms with E-state index in [-0.39, 0.29) is 18.3 Å². The average molecular weight is 224 g/mol. The normalized spacial score (nSPS) is 14.5. The maximum atomic E-state index is 11.2. The van der Waals surface area contributed by atoms with Crippen molar-refractivity contribution in [1.29, 1.82) is 0 Å². The van der Waals surface area contributed by atoms with Gasteiger partial charge in [0.1, 0.15) is 5.76 Å². The highest BCUT2D eigenvalue weighted by Gasteiger charge is 2.23. The fourth-order valence-electron chi connectivity index (χ4n) is 1.22. The summed E-state index contributed by atoms with van der Waals surface area (Å²) in [7, 11) is 0. The molecule has 1 fully saturated rings. The molecule has 2 amide bonds. The highest BCUT2D eigenvalue weighted by Crippen LogP contribution is 2.18. The molecule has 2 rings (SSSR count). The fraction of sp³-hybridized carbons (Fsp3) is 0.400. The molecule has 1 aliphatic rings. The van der Waals surface area contributed by atoms with Crippen LogP contribution in [0.2, 0.25) is 0 Å². The third-order valence-electron chi connectivity index (χ3n) is 2.21. The van der Waals surface area contributed by atoms with Crippen molar-refractivity contribution in [2.75, 3.05) is 0 Å². The lowest BCUT2D eigenvalue weighted by molar-refractivity contribution is 0.0660. The number of carbonyl (C=O) groups excluding carboxylic acids is 1. The molecule has 0 radical (unpaired) electrons. The Labute approximate surface area is 91.6 Å². The third-order valence-corrected chi connectivity index (χ3v) is 2.21. The largest absolute Gasteiger partial charge is 0.475 e. The van der Waals surface area contributed by atoms with Gasteiger partial charge in [-0.25, -0.2) is 9.59 Å². The lowest BCUT2D eigenvalue weighted by atomic mass is 10.4. The molecule has 6 heteroatoms. The Bertz CT molecular complexity index is 409. The second kappa shape index (κ2) is 4.26. The van der Waals surface area contributed by atoms with E-state index in [1.165, 1.54) is 12.1 Å². The van der Waals surface area contributed by atoms with Gasteiger partial charge in [0.25, 0.3) is 0 Å². The van der Waals surface area contributed by atoms with E-state index in [1.807, 2.05) is 0 Å². The molecule has 0 unspecified atom stereocenters. The zero-order valence-electron chi connectivity index (χ0n) is 8.53. The molecule has 0 bridgehead atoms. The summed E-state index contributed by atoms with van der Waals surface area (Å²) in [5, 5.41) is 13.9. The smallest absolute Gasteiger partial charge is 0.371 e. The SMILES string of the molecule is O=C(NCc1ccc(C(=O)O)o1)NC1CC1. The summed E-state index contributed by atoms with van der Waals surface area (Å²) in [6, 6.07) is 2.93. The van der Waals surface area contributed by atoms with Crippen LogP contribution in [0.25, 0.3) is 0 Å². The minimum atomic E-state index is -1.12. The quantitative estimate of drug-likeness (QED) is 0.709. The van der Waals surface area contributed by atoms with E-state index in [9.17, 15) is 9.59 Å². The van der Waals surface area contributed by atoms with E-state index >= 15 is 0 Å². The first kappa shape index (κ1) is 10.5. The van der Waals surface area contributed by atoms with Gasteiger partial charge in [0.2, 0.25) is 5.76 Å². The molecule has 1 aliphatic carbocycles. The Morgan fingerprint density at radius 2 is 2.19 bits per heavy atom. The number of rotatable bonds is 4. The Kier molecular flexibility index (Phi) is 2.80. The van der Waals surface area contributed by atoms with E-state index in [0.29, 0.717) is 11.8 Å². The number of carboxylic acids is 1. The maximum Gasteiger partial charge on any atom is 0.371 e. The van der Waals surface area contributed by atoms with Gasteiger partial charge in [-0.2, -0.15) is 0 Å². The molecule has 6 nitrogen and oxygen atoms in total. The van der Waals surface area contributed by atoms with Crippen molar-refractivity contribution in [2.24, 2.45) is 0 Å². The van der Waals surface area contributed by atoms with Crippen molar-refractivity contribution in [3.8, 4) is 0 Å². The molecule has 0 saturated heterocycles. The van der Waals surface area contributed by atoms with E-state index in [2.05, 4.69) is 10.6 Å². The topological polar surface area (TPSA) is 91.6 Å². The van der Waals surface area contributed by atoms with Crippen molar-refractivity contribution in [3.63, 3.8) is 0 Å². The summed E-state index contributed by atoms with van der Waals surface area (Å²) in [4.78, 5) is 21.7. The molecule has 1 saturated carbocycles. The number of carboxylic acid groups (broad SMARTS) is 1. The van der Waals surface area contributed by atoms with Crippen LogP contribution in [0.1, 0.15) is 29.2 Å². The summed E-state index contributed by atoms with van der Waals surface area (Å²) in [5.74, 6) is -0.823. The number of nitrogens with one attached hydrogen (secondary N) is 2. The van der Waals surface area contributed by atoms with Gasteiger partial charge in [-0.05, 0) is 25.0 Å². The van der Waals surface area contributed by atoms with Crippen LogP contribution in [0.4, 0.5) is 4.79 Å². The van der Waals surface area contributed by atoms with Crippen LogP contribution in [-0.4, -0.2) is 23.1 Å². The van der Waals surface area contributed by atoms with E-state index in [1.54, 1.807) is 0 Å². The van der Waals surface area contributed by atoms with Crippen LogP contribution in [0.5, 0.6) is 0 Å². The van der Waals surface area contributed by atoms with Crippen LogP contribution >= 0.6 is 0 Å². The molecule has 0 aromatic carbocycles. The molecular weight excluding hydrogens is 212 g/mol. The standard InChI is InChI=1S/C10H12N2O4/c13-9(14)8-4-3-7(16-8)5-11-10(15)12-6-1-2-6/h3-4,6H,1-2,5H2,(H,13,14)(H2,11,12,15). The second-order valence-corrected chi connectivity index (χ2v) is 3.67. The fourth-order valence-corrected chi connectivity index (χ4v) is 1.22. The van der Waals surface area contributed by atoms with Crippen LogP contribution in [-0.2, 0) is 6.54 Å². The number of aromatic carboxylic acids is 1. The van der Waals surface area contributed by atoms with Crippen LogP contribution in [0.3, 0.4) is 0 Å². The summed E-state index contributed by atoms with van der Waals surface area (Å²) in [6.45, 7) is 0.186. The Morgan fingerprint density at radius 3 is 2.75 bits per heavy atom. The predicted octanol–water partition coefficient (Wildman–Crippen LogP) is 0.939. The van der Waals surface area contributed by atoms with Gasteiger partial charge >= 0.3 is 12.0 Å². The van der Waals surface area contributed by atoms with Gasteiger partial charge in [-0.1, -0.05) is 0 Å². The summed E-state index contributed by atoms with van der Waals surface area (Å²) in [6.07, 6.45) is 2.05. The number of hydrogen-bond donors (Lipinski definition) is 3. The summed E-state index contributed by atoms with van der Waals surface area (Å²) in [5.41, 5.74) is 0. The van der Waals surface area contributed by atoms with E-state index in [0.717, 1.165) is 12.8 Å². The Morgan fingerprint density at radius 1 is 1.44 bits per heavy atom. The Hall–Kier alpha value is -1.98. The molecule has 86 valence electrons. The van der Waals surface area contributed by atoms with Gasteiger partial charge in [0.05, 0.1) is 6.54 Å². The molecule has 1 heterocycles. The van der Waals surface area contributed by atoms with Crippen LogP contribution in [0.15, 0.2) is 16.5 Å². The monoisotopic (exact) mass is 224 g/mol. The number of amides is 2. The zero-order valence-corrected chi connectivity index (χ0v) is 8.53. The van der Waals surface area contributed by atoms with Gasteiger partial charge in [0, 0.05) is 6.04 Å². The number of urea groups is 1. The van der Waals surface area contributed by atoms with Crippen molar-refractivity contribution in [2.45, 2.75) is 25.4 Å². The average Bonchev–Trinajstić information content (AvgIpc) is 2.91. The molecule has 1 aromatic heterocycles. The Balaban J connectivity index is 1.79. The summed E-state index contributed by atoms with van der Waals surface area (Å²) >= 11 is 0. The van der Waals surface area contributed by atoms with E-state index in [4.69, 9.17) is 9.52 Å². The minimum absolute atomic E-state index is 0.126. The van der Waals surface area contributed by atoms with Gasteiger partial charge in [-0.3, -0.25) is 0 Å². The van der Waals surface area contributed by atoms with E-state index < -0.39 is 5.97 Å². The molecule has 0 aliphatic heterocycles. The lowest BCUT2D eigenvalue weighted by Gasteiger charge is -2.03. The third kappa shape index (κ3) is 2.75. The number of carbonyl (C=O) groups is 2. The zero-order chi connectivity index (χ0) is 11.5.